The highest BCUT2D eigenvalue weighted by atomic mass is 19.4. The summed E-state index contributed by atoms with van der Waals surface area (Å²) in [6.07, 6.45) is -5.66. The van der Waals surface area contributed by atoms with Crippen LogP contribution in [0.5, 0.6) is 0 Å². The fourth-order valence-corrected chi connectivity index (χ4v) is 1.45. The number of hydrogen-bond acceptors (Lipinski definition) is 1. The molecule has 0 aliphatic rings. The fraction of sp³-hybridized carbons (Fsp3) is 0.500. The minimum Gasteiger partial charge on any atom is -0.398 e. The molecule has 0 saturated heterocycles. The number of nitrogen functional groups attached to an aromatic ring is 1. The third-order valence-electron chi connectivity index (χ3n) is 2.61. The van der Waals surface area contributed by atoms with Crippen LogP contribution < -0.4 is 5.73 Å². The summed E-state index contributed by atoms with van der Waals surface area (Å²) in [5.74, 6) is -4.95. The molecule has 0 aromatic heterocycles. The standard InChI is InChI=1S/C12H14F5N/c1-10(2,3)7-4-5-9(18)8(6-7)11(13,14)12(15,16)17/h4-6H,18H2,1-3H3. The lowest BCUT2D eigenvalue weighted by atomic mass is 9.85. The molecule has 1 aromatic rings. The molecule has 1 aromatic carbocycles. The van der Waals surface area contributed by atoms with Gasteiger partial charge in [0.15, 0.2) is 0 Å². The van der Waals surface area contributed by atoms with Gasteiger partial charge in [-0.1, -0.05) is 26.8 Å². The van der Waals surface area contributed by atoms with Gasteiger partial charge in [0.2, 0.25) is 0 Å². The minimum absolute atomic E-state index is 0.371. The number of hydrogen-bond donors (Lipinski definition) is 1. The van der Waals surface area contributed by atoms with Gasteiger partial charge >= 0.3 is 12.1 Å². The molecule has 0 saturated carbocycles. The fourth-order valence-electron chi connectivity index (χ4n) is 1.45. The largest absolute Gasteiger partial charge is 0.458 e. The van der Waals surface area contributed by atoms with Crippen LogP contribution in [0.3, 0.4) is 0 Å². The summed E-state index contributed by atoms with van der Waals surface area (Å²) in [6, 6.07) is 3.35. The molecule has 0 aliphatic heterocycles. The summed E-state index contributed by atoms with van der Waals surface area (Å²) < 4.78 is 63.5. The summed E-state index contributed by atoms with van der Waals surface area (Å²) in [5, 5.41) is 0. The first-order chi connectivity index (χ1) is 7.87. The van der Waals surface area contributed by atoms with E-state index < -0.39 is 28.8 Å². The monoisotopic (exact) mass is 267 g/mol. The molecule has 102 valence electrons. The van der Waals surface area contributed by atoms with Crippen molar-refractivity contribution in [3.05, 3.63) is 29.3 Å². The topological polar surface area (TPSA) is 26.0 Å². The third kappa shape index (κ3) is 2.57. The quantitative estimate of drug-likeness (QED) is 0.598. The number of alkyl halides is 5. The van der Waals surface area contributed by atoms with Gasteiger partial charge in [-0.3, -0.25) is 0 Å². The Balaban J connectivity index is 3.42. The van der Waals surface area contributed by atoms with E-state index in [9.17, 15) is 22.0 Å². The van der Waals surface area contributed by atoms with Gasteiger partial charge in [-0.25, -0.2) is 0 Å². The Hall–Kier alpha value is -1.33. The Morgan fingerprint density at radius 1 is 0.944 bits per heavy atom. The van der Waals surface area contributed by atoms with Crippen molar-refractivity contribution < 1.29 is 22.0 Å². The maximum Gasteiger partial charge on any atom is 0.458 e. The van der Waals surface area contributed by atoms with Gasteiger partial charge < -0.3 is 5.73 Å². The predicted molar refractivity (Wildman–Crippen MR) is 59.5 cm³/mol. The first-order valence-corrected chi connectivity index (χ1v) is 5.22. The van der Waals surface area contributed by atoms with E-state index in [2.05, 4.69) is 0 Å². The van der Waals surface area contributed by atoms with E-state index in [0.29, 0.717) is 5.56 Å². The Kier molecular flexibility index (Phi) is 3.36. The van der Waals surface area contributed by atoms with Gasteiger partial charge in [0.05, 0.1) is 5.56 Å². The molecular weight excluding hydrogens is 253 g/mol. The predicted octanol–water partition coefficient (Wildman–Crippen LogP) is 4.22. The van der Waals surface area contributed by atoms with Crippen molar-refractivity contribution in [3.8, 4) is 0 Å². The van der Waals surface area contributed by atoms with Crippen molar-refractivity contribution in [2.75, 3.05) is 5.73 Å². The van der Waals surface area contributed by atoms with Gasteiger partial charge in [0.25, 0.3) is 0 Å². The average Bonchev–Trinajstić information content (AvgIpc) is 2.14. The second-order valence-electron chi connectivity index (χ2n) is 5.12. The number of nitrogens with two attached hydrogens (primary N) is 1. The first kappa shape index (κ1) is 14.7. The van der Waals surface area contributed by atoms with E-state index in [1.165, 1.54) is 6.07 Å². The van der Waals surface area contributed by atoms with Crippen LogP contribution in [0.1, 0.15) is 31.9 Å². The van der Waals surface area contributed by atoms with Crippen molar-refractivity contribution in [2.24, 2.45) is 0 Å². The maximum absolute atomic E-state index is 13.3. The van der Waals surface area contributed by atoms with Crippen LogP contribution in [0.4, 0.5) is 27.6 Å². The van der Waals surface area contributed by atoms with E-state index in [0.717, 1.165) is 12.1 Å². The van der Waals surface area contributed by atoms with Crippen LogP contribution in [-0.4, -0.2) is 6.18 Å². The third-order valence-corrected chi connectivity index (χ3v) is 2.61. The zero-order valence-corrected chi connectivity index (χ0v) is 10.2. The van der Waals surface area contributed by atoms with Crippen LogP contribution in [0, 0.1) is 0 Å². The molecule has 0 spiro atoms. The van der Waals surface area contributed by atoms with Crippen molar-refractivity contribution in [1.29, 1.82) is 0 Å². The van der Waals surface area contributed by atoms with Crippen LogP contribution >= 0.6 is 0 Å². The molecule has 0 atom stereocenters. The molecule has 0 bridgehead atoms. The second-order valence-corrected chi connectivity index (χ2v) is 5.12. The molecule has 0 heterocycles. The van der Waals surface area contributed by atoms with Crippen LogP contribution in [0.25, 0.3) is 0 Å². The minimum atomic E-state index is -5.66. The molecule has 18 heavy (non-hydrogen) atoms. The Bertz CT molecular complexity index is 443. The van der Waals surface area contributed by atoms with Gasteiger partial charge in [-0.15, -0.1) is 0 Å². The molecule has 1 rings (SSSR count). The molecule has 0 radical (unpaired) electrons. The SMILES string of the molecule is CC(C)(C)c1ccc(N)c(C(F)(F)C(F)(F)F)c1. The van der Waals surface area contributed by atoms with Crippen LogP contribution in [-0.2, 0) is 11.3 Å². The zero-order chi connectivity index (χ0) is 14.4. The van der Waals surface area contributed by atoms with Gasteiger partial charge in [0, 0.05) is 5.69 Å². The molecule has 0 unspecified atom stereocenters. The highest BCUT2D eigenvalue weighted by Crippen LogP contribution is 2.46. The van der Waals surface area contributed by atoms with Crippen LogP contribution in [0.15, 0.2) is 18.2 Å². The van der Waals surface area contributed by atoms with Crippen molar-refractivity contribution in [2.45, 2.75) is 38.3 Å². The number of halogens is 5. The molecular formula is C12H14F5N. The average molecular weight is 267 g/mol. The highest BCUT2D eigenvalue weighted by molar-refractivity contribution is 5.52. The van der Waals surface area contributed by atoms with Crippen molar-refractivity contribution in [3.63, 3.8) is 0 Å². The summed E-state index contributed by atoms with van der Waals surface area (Å²) in [6.45, 7) is 5.15. The lowest BCUT2D eigenvalue weighted by Gasteiger charge is -2.25. The Morgan fingerprint density at radius 2 is 1.44 bits per heavy atom. The zero-order valence-electron chi connectivity index (χ0n) is 10.2. The normalized spacial score (nSPS) is 13.8. The maximum atomic E-state index is 13.3. The smallest absolute Gasteiger partial charge is 0.398 e. The van der Waals surface area contributed by atoms with E-state index in [-0.39, 0.29) is 0 Å². The summed E-state index contributed by atoms with van der Waals surface area (Å²) in [7, 11) is 0. The van der Waals surface area contributed by atoms with E-state index in [1.54, 1.807) is 20.8 Å². The van der Waals surface area contributed by atoms with E-state index in [4.69, 9.17) is 5.73 Å². The number of benzene rings is 1. The molecule has 2 N–H and O–H groups in total. The Labute approximate surface area is 102 Å². The van der Waals surface area contributed by atoms with Crippen molar-refractivity contribution >= 4 is 5.69 Å². The second kappa shape index (κ2) is 4.10. The molecule has 0 fully saturated rings. The molecule has 6 heteroatoms. The van der Waals surface area contributed by atoms with Crippen LogP contribution in [0.2, 0.25) is 0 Å². The van der Waals surface area contributed by atoms with Gasteiger partial charge in [-0.05, 0) is 23.1 Å². The highest BCUT2D eigenvalue weighted by Gasteiger charge is 2.59. The van der Waals surface area contributed by atoms with Gasteiger partial charge in [-0.2, -0.15) is 22.0 Å². The molecule has 0 aliphatic carbocycles. The first-order valence-electron chi connectivity index (χ1n) is 5.22. The molecule has 0 amide bonds. The lowest BCUT2D eigenvalue weighted by molar-refractivity contribution is -0.289. The van der Waals surface area contributed by atoms with E-state index >= 15 is 0 Å². The summed E-state index contributed by atoms with van der Waals surface area (Å²) >= 11 is 0. The van der Waals surface area contributed by atoms with Gasteiger partial charge in [0.1, 0.15) is 0 Å². The van der Waals surface area contributed by atoms with E-state index in [1.807, 2.05) is 0 Å². The Morgan fingerprint density at radius 3 is 1.83 bits per heavy atom. The lowest BCUT2D eigenvalue weighted by Crippen LogP contribution is -2.34. The number of anilines is 1. The summed E-state index contributed by atoms with van der Waals surface area (Å²) in [5.41, 5.74) is 3.31. The summed E-state index contributed by atoms with van der Waals surface area (Å²) in [4.78, 5) is 0. The van der Waals surface area contributed by atoms with Crippen molar-refractivity contribution in [1.82, 2.24) is 0 Å². The number of rotatable bonds is 1. The molecule has 1 nitrogen and oxygen atoms in total.